The highest BCUT2D eigenvalue weighted by atomic mass is 19.4. The van der Waals surface area contributed by atoms with Crippen molar-refractivity contribution < 1.29 is 27.9 Å². The molecule has 2 fully saturated rings. The molecule has 1 aromatic heterocycles. The zero-order chi connectivity index (χ0) is 23.9. The number of likely N-dealkylation sites (tertiary alicyclic amines) is 1. The van der Waals surface area contributed by atoms with Gasteiger partial charge in [-0.2, -0.15) is 13.2 Å². The Morgan fingerprint density at radius 3 is 2.44 bits per heavy atom. The van der Waals surface area contributed by atoms with E-state index in [0.29, 0.717) is 17.9 Å². The van der Waals surface area contributed by atoms with Crippen molar-refractivity contribution in [1.29, 1.82) is 0 Å². The van der Waals surface area contributed by atoms with E-state index in [1.165, 1.54) is 51.6 Å². The number of carbonyl (C=O) groups is 2. The van der Waals surface area contributed by atoms with Gasteiger partial charge in [-0.05, 0) is 56.5 Å². The Hall–Kier alpha value is -2.37. The Kier molecular flexibility index (Phi) is 8.88. The number of aromatic nitrogens is 3. The van der Waals surface area contributed by atoms with Crippen molar-refractivity contribution in [3.8, 4) is 0 Å². The molecule has 3 rings (SSSR count). The Morgan fingerprint density at radius 2 is 1.91 bits per heavy atom. The average molecular weight is 463 g/mol. The fourth-order valence-electron chi connectivity index (χ4n) is 4.42. The lowest BCUT2D eigenvalue weighted by Gasteiger charge is -2.44. The monoisotopic (exact) mass is 462 g/mol. The summed E-state index contributed by atoms with van der Waals surface area (Å²) in [6.07, 6.45) is 4.74. The topological polar surface area (TPSA) is 126 Å². The summed E-state index contributed by atoms with van der Waals surface area (Å²) in [7, 11) is 0. The maximum absolute atomic E-state index is 10.7. The number of carboxylic acid groups (broad SMARTS) is 1. The van der Waals surface area contributed by atoms with Gasteiger partial charge >= 0.3 is 18.2 Å². The number of carboxylic acids is 1. The van der Waals surface area contributed by atoms with Crippen LogP contribution in [0.5, 0.6) is 0 Å². The number of carbonyl (C=O) groups excluding carboxylic acids is 1. The molecule has 2 aliphatic rings. The van der Waals surface area contributed by atoms with Gasteiger partial charge < -0.3 is 21.1 Å². The molecule has 1 atom stereocenters. The second-order valence-corrected chi connectivity index (χ2v) is 9.35. The van der Waals surface area contributed by atoms with Crippen LogP contribution >= 0.6 is 0 Å². The Morgan fingerprint density at radius 1 is 1.28 bits per heavy atom. The predicted octanol–water partition coefficient (Wildman–Crippen LogP) is 2.76. The Bertz CT molecular complexity index is 760. The van der Waals surface area contributed by atoms with Crippen molar-refractivity contribution in [2.24, 2.45) is 17.1 Å². The third-order valence-corrected chi connectivity index (χ3v) is 6.06. The summed E-state index contributed by atoms with van der Waals surface area (Å²) in [6.45, 7) is 8.49. The smallest absolute Gasteiger partial charge is 0.475 e. The van der Waals surface area contributed by atoms with E-state index in [-0.39, 0.29) is 0 Å². The first kappa shape index (κ1) is 25.9. The molecule has 32 heavy (non-hydrogen) atoms. The Balaban J connectivity index is 0.000000451. The molecule has 1 aliphatic heterocycles. The molecule has 1 aliphatic carbocycles. The van der Waals surface area contributed by atoms with Crippen molar-refractivity contribution in [1.82, 2.24) is 25.2 Å². The third-order valence-electron chi connectivity index (χ3n) is 6.06. The molecule has 12 heteroatoms. The lowest BCUT2D eigenvalue weighted by molar-refractivity contribution is -0.192. The molecule has 1 aromatic rings. The molecule has 4 N–H and O–H groups in total. The molecule has 0 aromatic carbocycles. The van der Waals surface area contributed by atoms with Crippen LogP contribution in [0.2, 0.25) is 0 Å². The zero-order valence-electron chi connectivity index (χ0n) is 18.6. The minimum Gasteiger partial charge on any atom is -0.475 e. The van der Waals surface area contributed by atoms with Gasteiger partial charge in [0.25, 0.3) is 0 Å². The summed E-state index contributed by atoms with van der Waals surface area (Å²) in [4.78, 5) is 22.4. The van der Waals surface area contributed by atoms with Crippen LogP contribution < -0.4 is 11.1 Å². The van der Waals surface area contributed by atoms with Crippen molar-refractivity contribution >= 4 is 12.0 Å². The summed E-state index contributed by atoms with van der Waals surface area (Å²) >= 11 is 0. The van der Waals surface area contributed by atoms with Gasteiger partial charge in [0, 0.05) is 12.6 Å². The standard InChI is InChI=1S/C18H32N6O.C2HF3O2/c1-18(2)7-3-4-16(10-18)23-8-5-14(6-9-23)12-24-13-15(21-22-24)11-20-17(19)25;3-2(4,5)1(6)7/h13-14,16H,3-12H2,1-2H3,(H3,19,20,25);(H,6,7). The van der Waals surface area contributed by atoms with E-state index in [1.54, 1.807) is 0 Å². The van der Waals surface area contributed by atoms with Crippen LogP contribution in [-0.4, -0.2) is 62.3 Å². The number of piperidine rings is 1. The Labute approximate surface area is 185 Å². The molecule has 1 saturated carbocycles. The van der Waals surface area contributed by atoms with Crippen LogP contribution in [0, 0.1) is 11.3 Å². The van der Waals surface area contributed by atoms with Crippen molar-refractivity contribution in [2.45, 2.75) is 77.7 Å². The molecular weight excluding hydrogens is 429 g/mol. The molecule has 1 saturated heterocycles. The number of nitrogens with one attached hydrogen (secondary N) is 1. The fourth-order valence-corrected chi connectivity index (χ4v) is 4.42. The number of urea groups is 1. The first-order valence-electron chi connectivity index (χ1n) is 10.8. The number of halogens is 3. The van der Waals surface area contributed by atoms with Gasteiger partial charge in [-0.3, -0.25) is 4.68 Å². The van der Waals surface area contributed by atoms with E-state index in [0.717, 1.165) is 18.3 Å². The quantitative estimate of drug-likeness (QED) is 0.618. The van der Waals surface area contributed by atoms with Gasteiger partial charge in [0.2, 0.25) is 0 Å². The average Bonchev–Trinajstić information content (AvgIpc) is 3.13. The van der Waals surface area contributed by atoms with Gasteiger partial charge in [-0.25, -0.2) is 9.59 Å². The van der Waals surface area contributed by atoms with Crippen LogP contribution in [0.25, 0.3) is 0 Å². The van der Waals surface area contributed by atoms with Gasteiger partial charge in [0.1, 0.15) is 5.69 Å². The van der Waals surface area contributed by atoms with Crippen molar-refractivity contribution in [3.63, 3.8) is 0 Å². The van der Waals surface area contributed by atoms with Crippen LogP contribution in [-0.2, 0) is 17.9 Å². The molecule has 1 unspecified atom stereocenters. The molecular formula is C20H33F3N6O3. The number of nitrogens with two attached hydrogens (primary N) is 1. The number of nitrogens with zero attached hydrogens (tertiary/aromatic N) is 4. The number of hydrogen-bond acceptors (Lipinski definition) is 5. The summed E-state index contributed by atoms with van der Waals surface area (Å²) in [6, 6.07) is 0.246. The van der Waals surface area contributed by atoms with E-state index in [9.17, 15) is 18.0 Å². The van der Waals surface area contributed by atoms with Gasteiger partial charge in [0.15, 0.2) is 0 Å². The molecule has 0 bridgehead atoms. The van der Waals surface area contributed by atoms with Crippen molar-refractivity contribution in [3.05, 3.63) is 11.9 Å². The second-order valence-electron chi connectivity index (χ2n) is 9.35. The summed E-state index contributed by atoms with van der Waals surface area (Å²) in [5.41, 5.74) is 6.34. The zero-order valence-corrected chi connectivity index (χ0v) is 18.6. The first-order chi connectivity index (χ1) is 14.9. The third kappa shape index (κ3) is 8.64. The lowest BCUT2D eigenvalue weighted by atomic mass is 9.74. The maximum Gasteiger partial charge on any atom is 0.490 e. The van der Waals surface area contributed by atoms with Crippen LogP contribution in [0.15, 0.2) is 6.20 Å². The largest absolute Gasteiger partial charge is 0.490 e. The molecule has 0 radical (unpaired) electrons. The van der Waals surface area contributed by atoms with E-state index in [2.05, 4.69) is 34.4 Å². The molecule has 2 heterocycles. The van der Waals surface area contributed by atoms with Crippen LogP contribution in [0.1, 0.15) is 58.1 Å². The number of rotatable bonds is 5. The number of alkyl halides is 3. The van der Waals surface area contributed by atoms with Crippen LogP contribution in [0.4, 0.5) is 18.0 Å². The van der Waals surface area contributed by atoms with Gasteiger partial charge in [-0.15, -0.1) is 5.10 Å². The number of amides is 2. The molecule has 0 spiro atoms. The number of primary amides is 1. The van der Waals surface area contributed by atoms with Gasteiger partial charge in [-0.1, -0.05) is 25.5 Å². The summed E-state index contributed by atoms with van der Waals surface area (Å²) < 4.78 is 33.6. The molecule has 9 nitrogen and oxygen atoms in total. The highest BCUT2D eigenvalue weighted by Crippen LogP contribution is 2.38. The first-order valence-corrected chi connectivity index (χ1v) is 10.8. The highest BCUT2D eigenvalue weighted by Gasteiger charge is 2.38. The summed E-state index contributed by atoms with van der Waals surface area (Å²) in [5.74, 6) is -2.10. The lowest BCUT2D eigenvalue weighted by Crippen LogP contribution is -2.45. The molecule has 182 valence electrons. The predicted molar refractivity (Wildman–Crippen MR) is 110 cm³/mol. The van der Waals surface area contributed by atoms with Crippen LogP contribution in [0.3, 0.4) is 0 Å². The van der Waals surface area contributed by atoms with Gasteiger partial charge in [0.05, 0.1) is 12.7 Å². The normalized spacial score (nSPS) is 22.0. The van der Waals surface area contributed by atoms with E-state index in [1.807, 2.05) is 10.9 Å². The maximum atomic E-state index is 10.7. The van der Waals surface area contributed by atoms with E-state index in [4.69, 9.17) is 15.6 Å². The fraction of sp³-hybridized carbons (Fsp3) is 0.800. The number of hydrogen-bond donors (Lipinski definition) is 3. The van der Waals surface area contributed by atoms with Crippen molar-refractivity contribution in [2.75, 3.05) is 13.1 Å². The number of aliphatic carboxylic acids is 1. The minimum atomic E-state index is -5.08. The minimum absolute atomic E-state index is 0.339. The summed E-state index contributed by atoms with van der Waals surface area (Å²) in [5, 5.41) is 17.9. The highest BCUT2D eigenvalue weighted by molar-refractivity contribution is 5.73. The van der Waals surface area contributed by atoms with E-state index < -0.39 is 18.2 Å². The van der Waals surface area contributed by atoms with E-state index >= 15 is 0 Å². The molecule has 2 amide bonds. The second kappa shape index (κ2) is 11.0. The SMILES string of the molecule is CC1(C)CCCC(N2CCC(Cn3cc(CNC(N)=O)nn3)CC2)C1.O=C(O)C(F)(F)F.